The molecule has 0 aliphatic heterocycles. The van der Waals surface area contributed by atoms with Gasteiger partial charge in [0, 0.05) is 12.5 Å². The molecule has 3 nitrogen and oxygen atoms in total. The number of nitrogens with zero attached hydrogens (tertiary/aromatic N) is 3. The molecule has 0 saturated heterocycles. The minimum atomic E-state index is 0.532. The van der Waals surface area contributed by atoms with Crippen molar-refractivity contribution in [3.05, 3.63) is 47.0 Å². The summed E-state index contributed by atoms with van der Waals surface area (Å²) in [6.45, 7) is 0.909. The van der Waals surface area contributed by atoms with Crippen LogP contribution >= 0.6 is 11.6 Å². The summed E-state index contributed by atoms with van der Waals surface area (Å²) in [7, 11) is 0. The second-order valence-corrected chi connectivity index (χ2v) is 5.18. The first-order valence-corrected chi connectivity index (χ1v) is 6.85. The Labute approximate surface area is 112 Å². The molecule has 1 heterocycles. The van der Waals surface area contributed by atoms with Crippen LogP contribution in [-0.2, 0) is 13.0 Å². The van der Waals surface area contributed by atoms with Crippen LogP contribution in [0.4, 0.5) is 0 Å². The second-order valence-electron chi connectivity index (χ2n) is 4.84. The van der Waals surface area contributed by atoms with Crippen molar-refractivity contribution >= 4 is 11.6 Å². The number of hydrogen-bond donors (Lipinski definition) is 0. The van der Waals surface area contributed by atoms with Crippen molar-refractivity contribution < 1.29 is 0 Å². The summed E-state index contributed by atoms with van der Waals surface area (Å²) in [5.41, 5.74) is 1.37. The third-order valence-electron chi connectivity index (χ3n) is 3.37. The molecule has 0 atom stereocenters. The van der Waals surface area contributed by atoms with E-state index in [9.17, 15) is 0 Å². The first kappa shape index (κ1) is 11.7. The number of rotatable bonds is 5. The molecule has 0 radical (unpaired) electrons. The minimum Gasteiger partial charge on any atom is -0.302 e. The Kier molecular flexibility index (Phi) is 3.33. The summed E-state index contributed by atoms with van der Waals surface area (Å²) in [5, 5.41) is 8.70. The highest BCUT2D eigenvalue weighted by Gasteiger charge is 2.29. The summed E-state index contributed by atoms with van der Waals surface area (Å²) < 4.78 is 2.07. The molecule has 1 fully saturated rings. The van der Waals surface area contributed by atoms with Crippen LogP contribution in [0.1, 0.15) is 36.6 Å². The maximum atomic E-state index is 6.09. The molecule has 0 amide bonds. The zero-order valence-electron chi connectivity index (χ0n) is 10.2. The predicted molar refractivity (Wildman–Crippen MR) is 71.8 cm³/mol. The lowest BCUT2D eigenvalue weighted by Gasteiger charge is -2.07. The summed E-state index contributed by atoms with van der Waals surface area (Å²) >= 11 is 6.09. The highest BCUT2D eigenvalue weighted by atomic mass is 35.5. The molecular weight excluding hydrogens is 246 g/mol. The van der Waals surface area contributed by atoms with E-state index in [0.717, 1.165) is 25.2 Å². The first-order chi connectivity index (χ1) is 8.84. The fourth-order valence-corrected chi connectivity index (χ4v) is 2.44. The van der Waals surface area contributed by atoms with Crippen LogP contribution in [0.15, 0.2) is 30.3 Å². The van der Waals surface area contributed by atoms with Crippen molar-refractivity contribution in [2.24, 2.45) is 0 Å². The molecule has 0 N–H and O–H groups in total. The van der Waals surface area contributed by atoms with Gasteiger partial charge in [-0.15, -0.1) is 10.2 Å². The molecule has 2 aromatic rings. The van der Waals surface area contributed by atoms with Crippen LogP contribution in [0, 0.1) is 0 Å². The fraction of sp³-hybridized carbons (Fsp3) is 0.429. The van der Waals surface area contributed by atoms with Crippen LogP contribution in [0.5, 0.6) is 0 Å². The van der Waals surface area contributed by atoms with E-state index in [1.807, 2.05) is 6.07 Å². The lowest BCUT2D eigenvalue weighted by molar-refractivity contribution is 0.612. The maximum absolute atomic E-state index is 6.09. The largest absolute Gasteiger partial charge is 0.302 e. The molecule has 0 bridgehead atoms. The average Bonchev–Trinajstić information content (AvgIpc) is 3.17. The summed E-state index contributed by atoms with van der Waals surface area (Å²) in [5.74, 6) is 1.68. The topological polar surface area (TPSA) is 30.7 Å². The number of benzene rings is 1. The Balaban J connectivity index is 1.61. The Morgan fingerprint density at radius 3 is 2.67 bits per heavy atom. The van der Waals surface area contributed by atoms with Gasteiger partial charge in [0.05, 0.1) is 0 Å². The van der Waals surface area contributed by atoms with Gasteiger partial charge in [-0.3, -0.25) is 0 Å². The second kappa shape index (κ2) is 5.11. The average molecular weight is 262 g/mol. The number of aromatic nitrogens is 3. The third-order valence-corrected chi connectivity index (χ3v) is 3.65. The van der Waals surface area contributed by atoms with Gasteiger partial charge >= 0.3 is 0 Å². The van der Waals surface area contributed by atoms with E-state index in [1.165, 1.54) is 18.4 Å². The lowest BCUT2D eigenvalue weighted by atomic mass is 10.1. The van der Waals surface area contributed by atoms with Gasteiger partial charge < -0.3 is 4.57 Å². The predicted octanol–water partition coefficient (Wildman–Crippen LogP) is 3.44. The van der Waals surface area contributed by atoms with Gasteiger partial charge in [0.2, 0.25) is 5.28 Å². The molecule has 3 rings (SSSR count). The van der Waals surface area contributed by atoms with E-state index in [0.29, 0.717) is 11.2 Å². The molecule has 0 unspecified atom stereocenters. The van der Waals surface area contributed by atoms with Crippen molar-refractivity contribution in [3.8, 4) is 0 Å². The Hall–Kier alpha value is -1.35. The van der Waals surface area contributed by atoms with E-state index in [2.05, 4.69) is 39.0 Å². The molecule has 1 aliphatic carbocycles. The van der Waals surface area contributed by atoms with Crippen molar-refractivity contribution in [3.63, 3.8) is 0 Å². The normalized spacial score (nSPS) is 14.9. The molecule has 1 aliphatic rings. The standard InChI is InChI=1S/C14H16ClN3/c15-14-17-16-13(12-8-9-12)18(14)10-4-7-11-5-2-1-3-6-11/h1-3,5-6,12H,4,7-10H2. The summed E-state index contributed by atoms with van der Waals surface area (Å²) in [4.78, 5) is 0. The van der Waals surface area contributed by atoms with Crippen molar-refractivity contribution in [1.29, 1.82) is 0 Å². The first-order valence-electron chi connectivity index (χ1n) is 6.47. The van der Waals surface area contributed by atoms with Crippen LogP contribution in [-0.4, -0.2) is 14.8 Å². The Morgan fingerprint density at radius 1 is 1.17 bits per heavy atom. The van der Waals surface area contributed by atoms with Crippen LogP contribution in [0.3, 0.4) is 0 Å². The SMILES string of the molecule is Clc1nnc(C2CC2)n1CCCc1ccccc1. The number of hydrogen-bond acceptors (Lipinski definition) is 2. The third kappa shape index (κ3) is 2.56. The van der Waals surface area contributed by atoms with Gasteiger partial charge in [0.1, 0.15) is 5.82 Å². The summed E-state index contributed by atoms with van der Waals surface area (Å²) in [6, 6.07) is 10.5. The minimum absolute atomic E-state index is 0.532. The lowest BCUT2D eigenvalue weighted by Crippen LogP contribution is -2.04. The maximum Gasteiger partial charge on any atom is 0.225 e. The molecule has 18 heavy (non-hydrogen) atoms. The Morgan fingerprint density at radius 2 is 1.94 bits per heavy atom. The summed E-state index contributed by atoms with van der Waals surface area (Å²) in [6.07, 6.45) is 4.60. The van der Waals surface area contributed by atoms with Gasteiger partial charge in [-0.1, -0.05) is 30.3 Å². The smallest absolute Gasteiger partial charge is 0.225 e. The number of aryl methyl sites for hydroxylation is 1. The van der Waals surface area contributed by atoms with E-state index in [-0.39, 0.29) is 0 Å². The van der Waals surface area contributed by atoms with Gasteiger partial charge in [0.15, 0.2) is 0 Å². The molecule has 1 aromatic heterocycles. The molecule has 4 heteroatoms. The van der Waals surface area contributed by atoms with Crippen molar-refractivity contribution in [2.45, 2.75) is 38.1 Å². The van der Waals surface area contributed by atoms with Crippen LogP contribution < -0.4 is 0 Å². The van der Waals surface area contributed by atoms with Crippen molar-refractivity contribution in [2.75, 3.05) is 0 Å². The van der Waals surface area contributed by atoms with E-state index in [4.69, 9.17) is 11.6 Å². The number of halogens is 1. The monoisotopic (exact) mass is 261 g/mol. The quantitative estimate of drug-likeness (QED) is 0.825. The van der Waals surface area contributed by atoms with Crippen molar-refractivity contribution in [1.82, 2.24) is 14.8 Å². The molecule has 0 spiro atoms. The van der Waals surface area contributed by atoms with Gasteiger partial charge in [-0.25, -0.2) is 0 Å². The van der Waals surface area contributed by atoms with E-state index in [1.54, 1.807) is 0 Å². The molecular formula is C14H16ClN3. The van der Waals surface area contributed by atoms with Crippen LogP contribution in [0.25, 0.3) is 0 Å². The van der Waals surface area contributed by atoms with Crippen LogP contribution in [0.2, 0.25) is 5.28 Å². The zero-order valence-corrected chi connectivity index (χ0v) is 11.0. The molecule has 94 valence electrons. The van der Waals surface area contributed by atoms with Gasteiger partial charge in [-0.05, 0) is 42.8 Å². The highest BCUT2D eigenvalue weighted by Crippen LogP contribution is 2.39. The molecule has 1 aromatic carbocycles. The zero-order chi connectivity index (χ0) is 12.4. The van der Waals surface area contributed by atoms with Gasteiger partial charge in [-0.2, -0.15) is 0 Å². The fourth-order valence-electron chi connectivity index (χ4n) is 2.23. The molecule has 1 saturated carbocycles. The van der Waals surface area contributed by atoms with E-state index >= 15 is 0 Å². The highest BCUT2D eigenvalue weighted by molar-refractivity contribution is 6.28. The van der Waals surface area contributed by atoms with E-state index < -0.39 is 0 Å². The Bertz CT molecular complexity index is 517. The van der Waals surface area contributed by atoms with Gasteiger partial charge in [0.25, 0.3) is 0 Å².